The molecule has 0 spiro atoms. The molecule has 0 aliphatic carbocycles. The summed E-state index contributed by atoms with van der Waals surface area (Å²) in [5.41, 5.74) is 0. The van der Waals surface area contributed by atoms with Crippen LogP contribution in [0.1, 0.15) is 6.92 Å². The van der Waals surface area contributed by atoms with Crippen molar-refractivity contribution in [2.24, 2.45) is 0 Å². The van der Waals surface area contributed by atoms with E-state index in [1.807, 2.05) is 6.92 Å². The summed E-state index contributed by atoms with van der Waals surface area (Å²) in [6, 6.07) is 1.46. The molecule has 1 rings (SSSR count). The Labute approximate surface area is 77.5 Å². The third-order valence-electron chi connectivity index (χ3n) is 1.43. The number of aromatic nitrogens is 1. The molecule has 4 nitrogen and oxygen atoms in total. The van der Waals surface area contributed by atoms with Gasteiger partial charge in [0, 0.05) is 18.5 Å². The zero-order valence-corrected chi connectivity index (χ0v) is 8.34. The standard InChI is InChI=1S/C8H11NO3S/c1-3-12-7-4-8(6-9-5-7)13(2,10)11/h4-6H,3H2,1-2H3. The minimum atomic E-state index is -3.19. The van der Waals surface area contributed by atoms with Gasteiger partial charge >= 0.3 is 0 Å². The Balaban J connectivity index is 3.06. The van der Waals surface area contributed by atoms with E-state index in [0.29, 0.717) is 12.4 Å². The first-order chi connectivity index (χ1) is 6.04. The van der Waals surface area contributed by atoms with Gasteiger partial charge in [-0.15, -0.1) is 0 Å². The number of nitrogens with zero attached hydrogens (tertiary/aromatic N) is 1. The van der Waals surface area contributed by atoms with Crippen molar-refractivity contribution in [3.63, 3.8) is 0 Å². The lowest BCUT2D eigenvalue weighted by atomic mass is 10.5. The number of rotatable bonds is 3. The van der Waals surface area contributed by atoms with Crippen LogP contribution < -0.4 is 4.74 Å². The molecular formula is C8H11NO3S. The van der Waals surface area contributed by atoms with Crippen molar-refractivity contribution in [3.8, 4) is 5.75 Å². The predicted molar refractivity (Wildman–Crippen MR) is 48.5 cm³/mol. The Kier molecular flexibility index (Phi) is 2.87. The lowest BCUT2D eigenvalue weighted by Crippen LogP contribution is -1.99. The first kappa shape index (κ1) is 9.98. The van der Waals surface area contributed by atoms with Crippen LogP contribution in [0.15, 0.2) is 23.4 Å². The van der Waals surface area contributed by atoms with Gasteiger partial charge < -0.3 is 4.74 Å². The van der Waals surface area contributed by atoms with E-state index in [9.17, 15) is 8.42 Å². The second-order valence-electron chi connectivity index (χ2n) is 2.56. The Bertz CT molecular complexity index is 386. The fourth-order valence-electron chi connectivity index (χ4n) is 0.847. The average Bonchev–Trinajstić information content (AvgIpc) is 2.04. The van der Waals surface area contributed by atoms with E-state index in [1.165, 1.54) is 18.5 Å². The maximum Gasteiger partial charge on any atom is 0.177 e. The van der Waals surface area contributed by atoms with Gasteiger partial charge in [0.15, 0.2) is 9.84 Å². The largest absolute Gasteiger partial charge is 0.492 e. The third-order valence-corrected chi connectivity index (χ3v) is 2.51. The van der Waals surface area contributed by atoms with Crippen molar-refractivity contribution in [3.05, 3.63) is 18.5 Å². The zero-order valence-electron chi connectivity index (χ0n) is 7.52. The van der Waals surface area contributed by atoms with Gasteiger partial charge in [-0.1, -0.05) is 0 Å². The van der Waals surface area contributed by atoms with E-state index < -0.39 is 9.84 Å². The predicted octanol–water partition coefficient (Wildman–Crippen LogP) is 0.884. The molecule has 0 atom stereocenters. The van der Waals surface area contributed by atoms with Crippen LogP contribution in [-0.2, 0) is 9.84 Å². The minimum Gasteiger partial charge on any atom is -0.492 e. The van der Waals surface area contributed by atoms with Crippen LogP contribution in [0.3, 0.4) is 0 Å². The third kappa shape index (κ3) is 2.69. The van der Waals surface area contributed by atoms with Crippen molar-refractivity contribution in [2.45, 2.75) is 11.8 Å². The molecule has 0 bridgehead atoms. The summed E-state index contributed by atoms with van der Waals surface area (Å²) in [6.07, 6.45) is 3.93. The summed E-state index contributed by atoms with van der Waals surface area (Å²) in [5.74, 6) is 0.477. The monoisotopic (exact) mass is 201 g/mol. The normalized spacial score (nSPS) is 11.2. The van der Waals surface area contributed by atoms with E-state index >= 15 is 0 Å². The molecule has 0 N–H and O–H groups in total. The van der Waals surface area contributed by atoms with E-state index in [4.69, 9.17) is 4.74 Å². The number of ether oxygens (including phenoxy) is 1. The molecule has 0 aliphatic heterocycles. The van der Waals surface area contributed by atoms with Crippen molar-refractivity contribution in [1.29, 1.82) is 0 Å². The van der Waals surface area contributed by atoms with Crippen LogP contribution >= 0.6 is 0 Å². The van der Waals surface area contributed by atoms with Crippen molar-refractivity contribution < 1.29 is 13.2 Å². The quantitative estimate of drug-likeness (QED) is 0.728. The molecule has 1 heterocycles. The van der Waals surface area contributed by atoms with Crippen LogP contribution in [0.5, 0.6) is 5.75 Å². The summed E-state index contributed by atoms with van der Waals surface area (Å²) < 4.78 is 27.3. The van der Waals surface area contributed by atoms with Crippen molar-refractivity contribution in [1.82, 2.24) is 4.98 Å². The van der Waals surface area contributed by atoms with Crippen LogP contribution in [0.25, 0.3) is 0 Å². The second kappa shape index (κ2) is 3.74. The Morgan fingerprint density at radius 1 is 1.46 bits per heavy atom. The molecule has 0 aromatic carbocycles. The van der Waals surface area contributed by atoms with E-state index in [1.54, 1.807) is 0 Å². The highest BCUT2D eigenvalue weighted by molar-refractivity contribution is 7.90. The minimum absolute atomic E-state index is 0.179. The highest BCUT2D eigenvalue weighted by atomic mass is 32.2. The topological polar surface area (TPSA) is 56.3 Å². The van der Waals surface area contributed by atoms with E-state index in [2.05, 4.69) is 4.98 Å². The second-order valence-corrected chi connectivity index (χ2v) is 4.58. The molecule has 1 aromatic rings. The Morgan fingerprint density at radius 2 is 2.15 bits per heavy atom. The molecule has 13 heavy (non-hydrogen) atoms. The highest BCUT2D eigenvalue weighted by Gasteiger charge is 2.07. The lowest BCUT2D eigenvalue weighted by molar-refractivity contribution is 0.338. The van der Waals surface area contributed by atoms with Gasteiger partial charge in [-0.3, -0.25) is 4.98 Å². The van der Waals surface area contributed by atoms with Gasteiger partial charge in [0.25, 0.3) is 0 Å². The average molecular weight is 201 g/mol. The smallest absolute Gasteiger partial charge is 0.177 e. The van der Waals surface area contributed by atoms with E-state index in [0.717, 1.165) is 6.26 Å². The number of hydrogen-bond acceptors (Lipinski definition) is 4. The van der Waals surface area contributed by atoms with Gasteiger partial charge in [0.2, 0.25) is 0 Å². The summed E-state index contributed by atoms with van der Waals surface area (Å²) in [7, 11) is -3.19. The van der Waals surface area contributed by atoms with Crippen molar-refractivity contribution >= 4 is 9.84 Å². The molecule has 0 fully saturated rings. The van der Waals surface area contributed by atoms with Crippen LogP contribution in [0, 0.1) is 0 Å². The van der Waals surface area contributed by atoms with Gasteiger partial charge in [-0.25, -0.2) is 8.42 Å². The molecule has 72 valence electrons. The summed E-state index contributed by atoms with van der Waals surface area (Å²) in [5, 5.41) is 0. The lowest BCUT2D eigenvalue weighted by Gasteiger charge is -2.03. The van der Waals surface area contributed by atoms with Gasteiger partial charge in [0.1, 0.15) is 5.75 Å². The number of pyridine rings is 1. The SMILES string of the molecule is CCOc1cncc(S(C)(=O)=O)c1. The molecular weight excluding hydrogens is 190 g/mol. The van der Waals surface area contributed by atoms with Crippen LogP contribution in [-0.4, -0.2) is 26.3 Å². The molecule has 1 aromatic heterocycles. The van der Waals surface area contributed by atoms with Gasteiger partial charge in [0.05, 0.1) is 17.7 Å². The molecule has 0 radical (unpaired) electrons. The molecule has 0 saturated heterocycles. The van der Waals surface area contributed by atoms with Gasteiger partial charge in [-0.05, 0) is 6.92 Å². The molecule has 5 heteroatoms. The fraction of sp³-hybridized carbons (Fsp3) is 0.375. The van der Waals surface area contributed by atoms with Crippen LogP contribution in [0.2, 0.25) is 0 Å². The molecule has 0 amide bonds. The fourth-order valence-corrected chi connectivity index (χ4v) is 1.43. The molecule has 0 unspecified atom stereocenters. The zero-order chi connectivity index (χ0) is 9.90. The molecule has 0 aliphatic rings. The molecule has 0 saturated carbocycles. The number of hydrogen-bond donors (Lipinski definition) is 0. The maximum absolute atomic E-state index is 11.1. The first-order valence-electron chi connectivity index (χ1n) is 3.82. The highest BCUT2D eigenvalue weighted by Crippen LogP contribution is 2.14. The summed E-state index contributed by atoms with van der Waals surface area (Å²) in [4.78, 5) is 3.94. The first-order valence-corrected chi connectivity index (χ1v) is 5.71. The van der Waals surface area contributed by atoms with E-state index in [-0.39, 0.29) is 4.90 Å². The summed E-state index contributed by atoms with van der Waals surface area (Å²) >= 11 is 0. The van der Waals surface area contributed by atoms with Gasteiger partial charge in [-0.2, -0.15) is 0 Å². The maximum atomic E-state index is 11.1. The van der Waals surface area contributed by atoms with Crippen molar-refractivity contribution in [2.75, 3.05) is 12.9 Å². The number of sulfone groups is 1. The summed E-state index contributed by atoms with van der Waals surface area (Å²) in [6.45, 7) is 2.32. The Morgan fingerprint density at radius 3 is 2.69 bits per heavy atom. The Hall–Kier alpha value is -1.10. The van der Waals surface area contributed by atoms with Crippen LogP contribution in [0.4, 0.5) is 0 Å².